The minimum atomic E-state index is -0.329. The molecule has 1 heterocycles. The van der Waals surface area contributed by atoms with Crippen LogP contribution in [0, 0.1) is 0 Å². The number of nitrogens with one attached hydrogen (secondary N) is 1. The van der Waals surface area contributed by atoms with Gasteiger partial charge in [-0.25, -0.2) is 5.43 Å². The third-order valence-corrected chi connectivity index (χ3v) is 4.68. The minimum Gasteiger partial charge on any atom is -0.481 e. The molecule has 0 aliphatic carbocycles. The molecule has 1 aromatic carbocycles. The Morgan fingerprint density at radius 1 is 1.33 bits per heavy atom. The number of amides is 1. The molecule has 8 heteroatoms. The van der Waals surface area contributed by atoms with Crippen LogP contribution in [0.1, 0.15) is 4.88 Å². The van der Waals surface area contributed by atoms with Gasteiger partial charge in [0.15, 0.2) is 6.61 Å². The lowest BCUT2D eigenvalue weighted by Gasteiger charge is -2.09. The molecule has 0 radical (unpaired) electrons. The second-order valence-electron chi connectivity index (χ2n) is 3.80. The van der Waals surface area contributed by atoms with Gasteiger partial charge in [-0.1, -0.05) is 22.0 Å². The molecule has 110 valence electrons. The van der Waals surface area contributed by atoms with Crippen LogP contribution in [0.5, 0.6) is 5.75 Å². The zero-order valence-corrected chi connectivity index (χ0v) is 16.1. The van der Waals surface area contributed by atoms with E-state index in [1.165, 1.54) is 0 Å². The third-order valence-electron chi connectivity index (χ3n) is 2.23. The summed E-state index contributed by atoms with van der Waals surface area (Å²) in [5, 5.41) is 5.80. The lowest BCUT2D eigenvalue weighted by Crippen LogP contribution is -2.24. The molecule has 2 rings (SSSR count). The minimum absolute atomic E-state index is 0.124. The van der Waals surface area contributed by atoms with E-state index in [4.69, 9.17) is 4.74 Å². The highest BCUT2D eigenvalue weighted by Crippen LogP contribution is 2.36. The summed E-state index contributed by atoms with van der Waals surface area (Å²) in [4.78, 5) is 12.6. The fourth-order valence-corrected chi connectivity index (χ4v) is 4.44. The summed E-state index contributed by atoms with van der Waals surface area (Å²) in [5.41, 5.74) is 2.41. The van der Waals surface area contributed by atoms with Gasteiger partial charge in [0.2, 0.25) is 0 Å². The predicted octanol–water partition coefficient (Wildman–Crippen LogP) is 4.56. The molecule has 2 aromatic rings. The van der Waals surface area contributed by atoms with Crippen LogP contribution in [0.3, 0.4) is 0 Å². The average molecular weight is 497 g/mol. The lowest BCUT2D eigenvalue weighted by atomic mass is 10.3. The van der Waals surface area contributed by atoms with E-state index in [2.05, 4.69) is 58.3 Å². The van der Waals surface area contributed by atoms with Crippen LogP contribution in [-0.4, -0.2) is 18.7 Å². The third kappa shape index (κ3) is 5.21. The zero-order chi connectivity index (χ0) is 15.2. The second-order valence-corrected chi connectivity index (χ2v) is 7.40. The highest BCUT2D eigenvalue weighted by atomic mass is 79.9. The maximum Gasteiger partial charge on any atom is 0.277 e. The van der Waals surface area contributed by atoms with E-state index in [-0.39, 0.29) is 12.5 Å². The molecule has 21 heavy (non-hydrogen) atoms. The SMILES string of the molecule is O=C(COc1c(Br)cc(Br)cc1Br)N/N=C\c1cccs1. The van der Waals surface area contributed by atoms with Crippen molar-refractivity contribution in [2.75, 3.05) is 6.61 Å². The zero-order valence-electron chi connectivity index (χ0n) is 10.5. The first kappa shape index (κ1) is 16.7. The summed E-state index contributed by atoms with van der Waals surface area (Å²) in [6.45, 7) is -0.124. The van der Waals surface area contributed by atoms with Crippen LogP contribution in [0.4, 0.5) is 0 Å². The van der Waals surface area contributed by atoms with E-state index in [1.54, 1.807) is 17.6 Å². The molecule has 0 fully saturated rings. The number of benzene rings is 1. The first-order valence-corrected chi connectivity index (χ1v) is 8.95. The number of carbonyl (C=O) groups is 1. The fourth-order valence-electron chi connectivity index (χ4n) is 1.37. The smallest absolute Gasteiger partial charge is 0.277 e. The largest absolute Gasteiger partial charge is 0.481 e. The van der Waals surface area contributed by atoms with Crippen molar-refractivity contribution in [3.63, 3.8) is 0 Å². The van der Waals surface area contributed by atoms with Gasteiger partial charge in [-0.3, -0.25) is 4.79 Å². The highest BCUT2D eigenvalue weighted by Gasteiger charge is 2.10. The Kier molecular flexibility index (Phi) is 6.40. The Balaban J connectivity index is 1.87. The summed E-state index contributed by atoms with van der Waals surface area (Å²) >= 11 is 11.7. The summed E-state index contributed by atoms with van der Waals surface area (Å²) in [6.07, 6.45) is 1.59. The van der Waals surface area contributed by atoms with E-state index in [0.29, 0.717) is 5.75 Å². The van der Waals surface area contributed by atoms with E-state index in [9.17, 15) is 4.79 Å². The van der Waals surface area contributed by atoms with Gasteiger partial charge in [-0.15, -0.1) is 11.3 Å². The first-order valence-electron chi connectivity index (χ1n) is 5.69. The molecular formula is C13H9Br3N2O2S. The summed E-state index contributed by atoms with van der Waals surface area (Å²) in [7, 11) is 0. The number of rotatable bonds is 5. The molecule has 0 atom stereocenters. The molecule has 0 spiro atoms. The van der Waals surface area contributed by atoms with Gasteiger partial charge in [-0.05, 0) is 55.4 Å². The molecular weight excluding hydrogens is 488 g/mol. The van der Waals surface area contributed by atoms with Crippen molar-refractivity contribution >= 4 is 71.2 Å². The Labute approximate surface area is 151 Å². The van der Waals surface area contributed by atoms with Crippen molar-refractivity contribution in [1.82, 2.24) is 5.43 Å². The molecule has 0 aliphatic heterocycles. The van der Waals surface area contributed by atoms with Gasteiger partial charge in [0, 0.05) is 9.35 Å². The molecule has 4 nitrogen and oxygen atoms in total. The Hall–Kier alpha value is -0.700. The maximum atomic E-state index is 11.6. The second kappa shape index (κ2) is 8.07. The summed E-state index contributed by atoms with van der Waals surface area (Å²) < 4.78 is 7.87. The fraction of sp³-hybridized carbons (Fsp3) is 0.0769. The van der Waals surface area contributed by atoms with Crippen LogP contribution in [0.2, 0.25) is 0 Å². The van der Waals surface area contributed by atoms with Crippen LogP contribution in [0.25, 0.3) is 0 Å². The van der Waals surface area contributed by atoms with Crippen molar-refractivity contribution in [3.05, 3.63) is 47.9 Å². The number of hydrazone groups is 1. The number of hydrogen-bond acceptors (Lipinski definition) is 4. The van der Waals surface area contributed by atoms with Crippen molar-refractivity contribution in [2.24, 2.45) is 5.10 Å². The Bertz CT molecular complexity index is 636. The summed E-state index contributed by atoms with van der Waals surface area (Å²) in [5.74, 6) is 0.236. The molecule has 0 saturated heterocycles. The number of carbonyl (C=O) groups excluding carboxylic acids is 1. The van der Waals surface area contributed by atoms with Crippen molar-refractivity contribution in [1.29, 1.82) is 0 Å². The van der Waals surface area contributed by atoms with E-state index >= 15 is 0 Å². The standard InChI is InChI=1S/C13H9Br3N2O2S/c14-8-4-10(15)13(11(16)5-8)20-7-12(19)18-17-6-9-2-1-3-21-9/h1-6H,7H2,(H,18,19)/b17-6-. The maximum absolute atomic E-state index is 11.6. The van der Waals surface area contributed by atoms with E-state index in [1.807, 2.05) is 29.6 Å². The molecule has 0 aliphatic rings. The van der Waals surface area contributed by atoms with Gasteiger partial charge in [0.1, 0.15) is 5.75 Å². The molecule has 1 amide bonds. The quantitative estimate of drug-likeness (QED) is 0.487. The molecule has 1 N–H and O–H groups in total. The normalized spacial score (nSPS) is 10.8. The van der Waals surface area contributed by atoms with E-state index < -0.39 is 0 Å². The van der Waals surface area contributed by atoms with E-state index in [0.717, 1.165) is 18.3 Å². The number of hydrogen-bond donors (Lipinski definition) is 1. The van der Waals surface area contributed by atoms with Crippen LogP contribution in [0.15, 0.2) is 48.2 Å². The monoisotopic (exact) mass is 494 g/mol. The van der Waals surface area contributed by atoms with Gasteiger partial charge < -0.3 is 4.74 Å². The van der Waals surface area contributed by atoms with Crippen LogP contribution >= 0.6 is 59.1 Å². The first-order chi connectivity index (χ1) is 10.1. The van der Waals surface area contributed by atoms with Crippen LogP contribution < -0.4 is 10.2 Å². The Morgan fingerprint density at radius 3 is 2.67 bits per heavy atom. The van der Waals surface area contributed by atoms with Crippen molar-refractivity contribution in [2.45, 2.75) is 0 Å². The topological polar surface area (TPSA) is 50.7 Å². The molecule has 1 aromatic heterocycles. The Morgan fingerprint density at radius 2 is 2.05 bits per heavy atom. The number of ether oxygens (including phenoxy) is 1. The van der Waals surface area contributed by atoms with Crippen molar-refractivity contribution < 1.29 is 9.53 Å². The lowest BCUT2D eigenvalue weighted by molar-refractivity contribution is -0.123. The number of nitrogens with zero attached hydrogens (tertiary/aromatic N) is 1. The highest BCUT2D eigenvalue weighted by molar-refractivity contribution is 9.11. The number of thiophene rings is 1. The predicted molar refractivity (Wildman–Crippen MR) is 95.1 cm³/mol. The van der Waals surface area contributed by atoms with Gasteiger partial charge in [-0.2, -0.15) is 5.10 Å². The molecule has 0 unspecified atom stereocenters. The number of halogens is 3. The van der Waals surface area contributed by atoms with Crippen LogP contribution in [-0.2, 0) is 4.79 Å². The van der Waals surface area contributed by atoms with Gasteiger partial charge in [0.05, 0.1) is 15.2 Å². The van der Waals surface area contributed by atoms with Gasteiger partial charge in [0.25, 0.3) is 5.91 Å². The van der Waals surface area contributed by atoms with Crippen molar-refractivity contribution in [3.8, 4) is 5.75 Å². The van der Waals surface area contributed by atoms with Gasteiger partial charge >= 0.3 is 0 Å². The average Bonchev–Trinajstić information content (AvgIpc) is 2.90. The summed E-state index contributed by atoms with van der Waals surface area (Å²) in [6, 6.07) is 7.51. The molecule has 0 bridgehead atoms. The molecule has 0 saturated carbocycles.